The molecule has 0 aliphatic carbocycles. The van der Waals surface area contributed by atoms with Gasteiger partial charge in [-0.05, 0) is 82.1 Å². The molecule has 2 aromatic carbocycles. The van der Waals surface area contributed by atoms with E-state index in [1.54, 1.807) is 4.57 Å². The van der Waals surface area contributed by atoms with Gasteiger partial charge in [-0.15, -0.1) is 0 Å². The number of nitrogens with zero attached hydrogens (tertiary/aromatic N) is 3. The highest BCUT2D eigenvalue weighted by Gasteiger charge is 2.12. The minimum Gasteiger partial charge on any atom is -0.493 e. The molecule has 0 atom stereocenters. The molecule has 0 bridgehead atoms. The predicted octanol–water partition coefficient (Wildman–Crippen LogP) is 4.26. The summed E-state index contributed by atoms with van der Waals surface area (Å²) in [6.07, 6.45) is 5.05. The molecule has 0 amide bonds. The summed E-state index contributed by atoms with van der Waals surface area (Å²) in [6, 6.07) is 13.4. The number of para-hydroxylation sites is 1. The number of benzene rings is 2. The molecule has 1 aliphatic heterocycles. The van der Waals surface area contributed by atoms with Crippen molar-refractivity contribution in [3.05, 3.63) is 64.2 Å². The number of rotatable bonds is 6. The molecule has 1 aromatic heterocycles. The first kappa shape index (κ1) is 19.6. The lowest BCUT2D eigenvalue weighted by Gasteiger charge is -2.26. The monoisotopic (exact) mass is 391 g/mol. The van der Waals surface area contributed by atoms with Crippen molar-refractivity contribution in [3.8, 4) is 11.4 Å². The molecule has 0 N–H and O–H groups in total. The van der Waals surface area contributed by atoms with Gasteiger partial charge < -0.3 is 9.64 Å². The first-order chi connectivity index (χ1) is 14.1. The third kappa shape index (κ3) is 4.35. The minimum atomic E-state index is -0.0392. The van der Waals surface area contributed by atoms with E-state index in [0.717, 1.165) is 35.5 Å². The summed E-state index contributed by atoms with van der Waals surface area (Å²) < 4.78 is 7.70. The van der Waals surface area contributed by atoms with E-state index in [1.807, 2.05) is 56.3 Å². The fourth-order valence-corrected chi connectivity index (χ4v) is 4.14. The molecular formula is C24H29N3O2. The van der Waals surface area contributed by atoms with Gasteiger partial charge in [0.05, 0.1) is 23.2 Å². The number of likely N-dealkylation sites (tertiary alicyclic amines) is 1. The second kappa shape index (κ2) is 8.78. The number of aryl methyl sites for hydroxylation is 2. The van der Waals surface area contributed by atoms with Crippen LogP contribution in [0.1, 0.15) is 37.1 Å². The number of hydrogen-bond donors (Lipinski definition) is 0. The quantitative estimate of drug-likeness (QED) is 0.589. The molecule has 4 rings (SSSR count). The van der Waals surface area contributed by atoms with Gasteiger partial charge in [0.1, 0.15) is 11.6 Å². The van der Waals surface area contributed by atoms with Gasteiger partial charge in [-0.25, -0.2) is 4.98 Å². The van der Waals surface area contributed by atoms with E-state index in [0.29, 0.717) is 17.8 Å². The van der Waals surface area contributed by atoms with Crippen molar-refractivity contribution >= 4 is 10.9 Å². The topological polar surface area (TPSA) is 47.4 Å². The molecule has 1 aliphatic rings. The summed E-state index contributed by atoms with van der Waals surface area (Å²) in [4.78, 5) is 20.1. The van der Waals surface area contributed by atoms with Gasteiger partial charge in [0.15, 0.2) is 0 Å². The molecule has 2 heterocycles. The van der Waals surface area contributed by atoms with Crippen LogP contribution in [-0.4, -0.2) is 40.7 Å². The Labute approximate surface area is 171 Å². The van der Waals surface area contributed by atoms with E-state index in [1.165, 1.54) is 32.4 Å². The molecule has 1 saturated heterocycles. The first-order valence-electron chi connectivity index (χ1n) is 10.6. The Morgan fingerprint density at radius 2 is 1.83 bits per heavy atom. The van der Waals surface area contributed by atoms with E-state index in [-0.39, 0.29) is 5.56 Å². The third-order valence-electron chi connectivity index (χ3n) is 5.69. The van der Waals surface area contributed by atoms with Crippen molar-refractivity contribution in [2.24, 2.45) is 0 Å². The van der Waals surface area contributed by atoms with Crippen molar-refractivity contribution in [2.45, 2.75) is 39.5 Å². The van der Waals surface area contributed by atoms with Crippen LogP contribution in [0.4, 0.5) is 0 Å². The summed E-state index contributed by atoms with van der Waals surface area (Å²) in [5.41, 5.74) is 2.54. The molecule has 3 aromatic rings. The normalized spacial score (nSPS) is 15.0. The summed E-state index contributed by atoms with van der Waals surface area (Å²) in [7, 11) is 0. The SMILES string of the molecule is Cc1cc(-n2c(C)nc3ccccc3c2=O)ccc1OCCCN1CCCCC1. The standard InChI is InChI=1S/C24H29N3O2/c1-18-17-20(27-19(2)25-22-10-5-4-9-21(22)24(27)28)11-12-23(18)29-16-8-15-26-13-6-3-7-14-26/h4-5,9-12,17H,3,6-8,13-16H2,1-2H3. The Hall–Kier alpha value is -2.66. The number of ether oxygens (including phenoxy) is 1. The Bertz CT molecular complexity index is 1050. The number of piperidine rings is 1. The molecule has 152 valence electrons. The van der Waals surface area contributed by atoms with Crippen molar-refractivity contribution in [1.82, 2.24) is 14.5 Å². The van der Waals surface area contributed by atoms with Crippen molar-refractivity contribution in [3.63, 3.8) is 0 Å². The van der Waals surface area contributed by atoms with Crippen LogP contribution < -0.4 is 10.3 Å². The second-order valence-electron chi connectivity index (χ2n) is 7.87. The van der Waals surface area contributed by atoms with Crippen LogP contribution in [0.15, 0.2) is 47.3 Å². The number of hydrogen-bond acceptors (Lipinski definition) is 4. The van der Waals surface area contributed by atoms with Crippen LogP contribution in [0, 0.1) is 13.8 Å². The summed E-state index contributed by atoms with van der Waals surface area (Å²) in [5.74, 6) is 1.56. The number of aromatic nitrogens is 2. The Kier molecular flexibility index (Phi) is 5.95. The third-order valence-corrected chi connectivity index (χ3v) is 5.69. The molecule has 0 saturated carbocycles. The molecule has 0 radical (unpaired) electrons. The van der Waals surface area contributed by atoms with Gasteiger partial charge in [-0.3, -0.25) is 9.36 Å². The Balaban J connectivity index is 1.47. The summed E-state index contributed by atoms with van der Waals surface area (Å²) in [5, 5.41) is 0.633. The van der Waals surface area contributed by atoms with E-state index in [2.05, 4.69) is 9.88 Å². The molecule has 5 nitrogen and oxygen atoms in total. The molecular weight excluding hydrogens is 362 g/mol. The number of fused-ring (bicyclic) bond motifs is 1. The fraction of sp³-hybridized carbons (Fsp3) is 0.417. The van der Waals surface area contributed by atoms with Crippen molar-refractivity contribution in [2.75, 3.05) is 26.2 Å². The molecule has 29 heavy (non-hydrogen) atoms. The van der Waals surface area contributed by atoms with Crippen LogP contribution in [0.2, 0.25) is 0 Å². The highest BCUT2D eigenvalue weighted by atomic mass is 16.5. The summed E-state index contributed by atoms with van der Waals surface area (Å²) in [6.45, 7) is 8.16. The van der Waals surface area contributed by atoms with Gasteiger partial charge in [-0.2, -0.15) is 0 Å². The zero-order chi connectivity index (χ0) is 20.2. The average Bonchev–Trinajstić information content (AvgIpc) is 2.73. The maximum atomic E-state index is 13.0. The average molecular weight is 392 g/mol. The van der Waals surface area contributed by atoms with Crippen LogP contribution in [0.3, 0.4) is 0 Å². The van der Waals surface area contributed by atoms with Crippen LogP contribution in [-0.2, 0) is 0 Å². The molecule has 1 fully saturated rings. The minimum absolute atomic E-state index is 0.0392. The molecule has 5 heteroatoms. The zero-order valence-electron chi connectivity index (χ0n) is 17.4. The van der Waals surface area contributed by atoms with Gasteiger partial charge in [0.2, 0.25) is 0 Å². The van der Waals surface area contributed by atoms with E-state index in [9.17, 15) is 4.79 Å². The molecule has 0 unspecified atom stereocenters. The highest BCUT2D eigenvalue weighted by Crippen LogP contribution is 2.22. The Morgan fingerprint density at radius 1 is 1.03 bits per heavy atom. The van der Waals surface area contributed by atoms with Gasteiger partial charge in [0, 0.05) is 6.54 Å². The van der Waals surface area contributed by atoms with Crippen LogP contribution in [0.25, 0.3) is 16.6 Å². The van der Waals surface area contributed by atoms with E-state index < -0.39 is 0 Å². The first-order valence-corrected chi connectivity index (χ1v) is 10.6. The zero-order valence-corrected chi connectivity index (χ0v) is 17.4. The second-order valence-corrected chi connectivity index (χ2v) is 7.87. The van der Waals surface area contributed by atoms with Crippen molar-refractivity contribution < 1.29 is 4.74 Å². The Morgan fingerprint density at radius 3 is 2.62 bits per heavy atom. The lowest BCUT2D eigenvalue weighted by atomic mass is 10.1. The van der Waals surface area contributed by atoms with E-state index >= 15 is 0 Å². The van der Waals surface area contributed by atoms with Gasteiger partial charge >= 0.3 is 0 Å². The summed E-state index contributed by atoms with van der Waals surface area (Å²) >= 11 is 0. The van der Waals surface area contributed by atoms with Crippen molar-refractivity contribution in [1.29, 1.82) is 0 Å². The largest absolute Gasteiger partial charge is 0.493 e. The molecule has 0 spiro atoms. The maximum absolute atomic E-state index is 13.0. The van der Waals surface area contributed by atoms with Crippen LogP contribution >= 0.6 is 0 Å². The lowest BCUT2D eigenvalue weighted by Crippen LogP contribution is -2.31. The maximum Gasteiger partial charge on any atom is 0.265 e. The highest BCUT2D eigenvalue weighted by molar-refractivity contribution is 5.77. The lowest BCUT2D eigenvalue weighted by molar-refractivity contribution is 0.204. The fourth-order valence-electron chi connectivity index (χ4n) is 4.14. The van der Waals surface area contributed by atoms with E-state index in [4.69, 9.17) is 4.74 Å². The van der Waals surface area contributed by atoms with Crippen LogP contribution in [0.5, 0.6) is 5.75 Å². The van der Waals surface area contributed by atoms with Gasteiger partial charge in [-0.1, -0.05) is 18.6 Å². The van der Waals surface area contributed by atoms with Gasteiger partial charge in [0.25, 0.3) is 5.56 Å². The predicted molar refractivity (Wildman–Crippen MR) is 117 cm³/mol. The smallest absolute Gasteiger partial charge is 0.265 e.